The second-order valence-electron chi connectivity index (χ2n) is 9.90. The summed E-state index contributed by atoms with van der Waals surface area (Å²) in [4.78, 5) is 49.1. The van der Waals surface area contributed by atoms with Crippen molar-refractivity contribution < 1.29 is 24.3 Å². The van der Waals surface area contributed by atoms with E-state index in [0.29, 0.717) is 11.3 Å². The van der Waals surface area contributed by atoms with Gasteiger partial charge in [0.1, 0.15) is 5.78 Å². The number of rotatable bonds is 15. The molecule has 0 fully saturated rings. The normalized spacial score (nSPS) is 13.3. The molecule has 0 radical (unpaired) electrons. The molecule has 0 saturated carbocycles. The van der Waals surface area contributed by atoms with Gasteiger partial charge in [-0.3, -0.25) is 9.59 Å². The number of nitrogens with one attached hydrogen (secondary N) is 2. The SMILES string of the molecule is CCCCCCCC(C)C(=O)Nc1cc(C(C)(NC(=O)CCC(C)=O)C(=O)O)ccc1-c1ccccc1. The Kier molecular flexibility index (Phi) is 11.5. The number of ketones is 1. The highest BCUT2D eigenvalue weighted by atomic mass is 16.4. The monoisotopic (exact) mass is 508 g/mol. The maximum absolute atomic E-state index is 13.1. The van der Waals surface area contributed by atoms with Crippen LogP contribution < -0.4 is 10.6 Å². The maximum Gasteiger partial charge on any atom is 0.333 e. The van der Waals surface area contributed by atoms with E-state index >= 15 is 0 Å². The lowest BCUT2D eigenvalue weighted by Crippen LogP contribution is -2.49. The van der Waals surface area contributed by atoms with Crippen LogP contribution in [-0.2, 0) is 24.7 Å². The summed E-state index contributed by atoms with van der Waals surface area (Å²) in [5.74, 6) is -2.26. The molecule has 2 amide bonds. The van der Waals surface area contributed by atoms with E-state index in [1.54, 1.807) is 18.2 Å². The molecule has 0 bridgehead atoms. The van der Waals surface area contributed by atoms with Crippen LogP contribution in [0.2, 0.25) is 0 Å². The molecule has 7 heteroatoms. The predicted octanol–water partition coefficient (Wildman–Crippen LogP) is 6.07. The van der Waals surface area contributed by atoms with Crippen molar-refractivity contribution in [3.63, 3.8) is 0 Å². The van der Waals surface area contributed by atoms with Crippen LogP contribution >= 0.6 is 0 Å². The average Bonchev–Trinajstić information content (AvgIpc) is 2.87. The summed E-state index contributed by atoms with van der Waals surface area (Å²) in [5.41, 5.74) is 0.686. The first-order valence-electron chi connectivity index (χ1n) is 13.1. The molecule has 2 aromatic rings. The molecule has 200 valence electrons. The van der Waals surface area contributed by atoms with Gasteiger partial charge in [0.2, 0.25) is 11.8 Å². The van der Waals surface area contributed by atoms with E-state index in [0.717, 1.165) is 36.8 Å². The minimum atomic E-state index is -1.74. The highest BCUT2D eigenvalue weighted by Crippen LogP contribution is 2.33. The van der Waals surface area contributed by atoms with Crippen molar-refractivity contribution in [3.05, 3.63) is 54.1 Å². The number of unbranched alkanes of at least 4 members (excludes halogenated alkanes) is 4. The van der Waals surface area contributed by atoms with Gasteiger partial charge in [-0.05, 0) is 37.5 Å². The highest BCUT2D eigenvalue weighted by Gasteiger charge is 2.37. The smallest absolute Gasteiger partial charge is 0.333 e. The molecule has 2 rings (SSSR count). The molecule has 0 heterocycles. The molecule has 2 unspecified atom stereocenters. The molecular weight excluding hydrogens is 468 g/mol. The molecule has 2 aromatic carbocycles. The fraction of sp³-hybridized carbons (Fsp3) is 0.467. The fourth-order valence-corrected chi connectivity index (χ4v) is 4.15. The van der Waals surface area contributed by atoms with Gasteiger partial charge in [0.15, 0.2) is 5.54 Å². The third kappa shape index (κ3) is 8.85. The molecule has 0 aliphatic heterocycles. The fourth-order valence-electron chi connectivity index (χ4n) is 4.15. The van der Waals surface area contributed by atoms with Gasteiger partial charge in [-0.25, -0.2) is 4.79 Å². The third-order valence-electron chi connectivity index (χ3n) is 6.65. The molecule has 37 heavy (non-hydrogen) atoms. The molecular formula is C30H40N2O5. The molecule has 3 N–H and O–H groups in total. The molecule has 0 aliphatic rings. The van der Waals surface area contributed by atoms with Gasteiger partial charge < -0.3 is 20.5 Å². The number of benzene rings is 2. The molecule has 2 atom stereocenters. The summed E-state index contributed by atoms with van der Waals surface area (Å²) in [6.07, 6.45) is 6.31. The van der Waals surface area contributed by atoms with Gasteiger partial charge in [-0.15, -0.1) is 0 Å². The largest absolute Gasteiger partial charge is 0.479 e. The van der Waals surface area contributed by atoms with E-state index in [1.807, 2.05) is 37.3 Å². The lowest BCUT2D eigenvalue weighted by atomic mass is 9.89. The van der Waals surface area contributed by atoms with Crippen LogP contribution in [0.4, 0.5) is 5.69 Å². The van der Waals surface area contributed by atoms with Gasteiger partial charge in [0, 0.05) is 30.0 Å². The molecule has 0 aromatic heterocycles. The second kappa shape index (κ2) is 14.3. The Balaban J connectivity index is 2.35. The average molecular weight is 509 g/mol. The zero-order valence-electron chi connectivity index (χ0n) is 22.4. The Hall–Kier alpha value is -3.48. The number of hydrogen-bond acceptors (Lipinski definition) is 4. The summed E-state index contributed by atoms with van der Waals surface area (Å²) in [6.45, 7) is 6.86. The summed E-state index contributed by atoms with van der Waals surface area (Å²) < 4.78 is 0. The second-order valence-corrected chi connectivity index (χ2v) is 9.90. The van der Waals surface area contributed by atoms with Crippen LogP contribution in [0.5, 0.6) is 0 Å². The van der Waals surface area contributed by atoms with Gasteiger partial charge in [-0.2, -0.15) is 0 Å². The van der Waals surface area contributed by atoms with Crippen molar-refractivity contribution in [2.45, 2.75) is 84.6 Å². The molecule has 7 nitrogen and oxygen atoms in total. The van der Waals surface area contributed by atoms with Gasteiger partial charge in [0.25, 0.3) is 0 Å². The number of aliphatic carboxylic acids is 1. The number of carbonyl (C=O) groups is 4. The van der Waals surface area contributed by atoms with Gasteiger partial charge >= 0.3 is 5.97 Å². The lowest BCUT2D eigenvalue weighted by Gasteiger charge is -2.28. The quantitative estimate of drug-likeness (QED) is 0.253. The first-order chi connectivity index (χ1) is 17.6. The van der Waals surface area contributed by atoms with E-state index in [1.165, 1.54) is 26.7 Å². The number of amides is 2. The van der Waals surface area contributed by atoms with Crippen molar-refractivity contribution in [3.8, 4) is 11.1 Å². The number of hydrogen-bond donors (Lipinski definition) is 3. The summed E-state index contributed by atoms with van der Waals surface area (Å²) in [5, 5.41) is 15.6. The first-order valence-corrected chi connectivity index (χ1v) is 13.1. The van der Waals surface area contributed by atoms with Crippen LogP contribution in [0.25, 0.3) is 11.1 Å². The Morgan fingerprint density at radius 1 is 0.946 bits per heavy atom. The maximum atomic E-state index is 13.1. The van der Waals surface area contributed by atoms with Gasteiger partial charge in [0.05, 0.1) is 0 Å². The van der Waals surface area contributed by atoms with Crippen LogP contribution in [0.15, 0.2) is 48.5 Å². The summed E-state index contributed by atoms with van der Waals surface area (Å²) in [7, 11) is 0. The minimum Gasteiger partial charge on any atom is -0.479 e. The minimum absolute atomic E-state index is 0.0338. The lowest BCUT2D eigenvalue weighted by molar-refractivity contribution is -0.147. The van der Waals surface area contributed by atoms with Crippen molar-refractivity contribution in [2.24, 2.45) is 5.92 Å². The number of carboxylic acids is 1. The van der Waals surface area contributed by atoms with E-state index in [-0.39, 0.29) is 30.4 Å². The molecule has 0 spiro atoms. The highest BCUT2D eigenvalue weighted by molar-refractivity contribution is 5.97. The standard InChI is InChI=1S/C30H40N2O5/c1-5-6-7-8-10-13-21(2)28(35)31-26-20-24(17-18-25(26)23-14-11-9-12-15-23)30(4,29(36)37)32-27(34)19-16-22(3)33/h9,11-12,14-15,17-18,20-21H,5-8,10,13,16,19H2,1-4H3,(H,31,35)(H,32,34)(H,36,37). The van der Waals surface area contributed by atoms with Crippen LogP contribution in [0, 0.1) is 5.92 Å². The molecule has 0 saturated heterocycles. The third-order valence-corrected chi connectivity index (χ3v) is 6.65. The Labute approximate surface area is 220 Å². The number of Topliss-reactive ketones (excluding diaryl/α,β-unsaturated/α-hetero) is 1. The number of carbonyl (C=O) groups excluding carboxylic acids is 3. The van der Waals surface area contributed by atoms with E-state index in [9.17, 15) is 24.3 Å². The number of anilines is 1. The van der Waals surface area contributed by atoms with Crippen LogP contribution in [-0.4, -0.2) is 28.7 Å². The van der Waals surface area contributed by atoms with Gasteiger partial charge in [-0.1, -0.05) is 88.4 Å². The van der Waals surface area contributed by atoms with E-state index in [4.69, 9.17) is 0 Å². The zero-order valence-corrected chi connectivity index (χ0v) is 22.4. The number of carboxylic acid groups (broad SMARTS) is 1. The van der Waals surface area contributed by atoms with Crippen molar-refractivity contribution in [2.75, 3.05) is 5.32 Å². The molecule has 0 aliphatic carbocycles. The topological polar surface area (TPSA) is 113 Å². The predicted molar refractivity (Wildman–Crippen MR) is 146 cm³/mol. The van der Waals surface area contributed by atoms with Crippen molar-refractivity contribution in [1.29, 1.82) is 0 Å². The Morgan fingerprint density at radius 3 is 2.24 bits per heavy atom. The summed E-state index contributed by atoms with van der Waals surface area (Å²) in [6, 6.07) is 14.5. The Morgan fingerprint density at radius 2 is 1.62 bits per heavy atom. The van der Waals surface area contributed by atoms with Crippen molar-refractivity contribution >= 4 is 29.3 Å². The van der Waals surface area contributed by atoms with Crippen LogP contribution in [0.3, 0.4) is 0 Å². The summed E-state index contributed by atoms with van der Waals surface area (Å²) >= 11 is 0. The Bertz CT molecular complexity index is 1080. The zero-order chi connectivity index (χ0) is 27.4. The van der Waals surface area contributed by atoms with E-state index in [2.05, 4.69) is 17.6 Å². The van der Waals surface area contributed by atoms with Crippen molar-refractivity contribution in [1.82, 2.24) is 5.32 Å². The van der Waals surface area contributed by atoms with E-state index < -0.39 is 17.4 Å². The van der Waals surface area contributed by atoms with Crippen LogP contribution in [0.1, 0.15) is 84.6 Å². The first kappa shape index (κ1) is 29.7.